The average Bonchev–Trinajstić information content (AvgIpc) is 2.64. The minimum atomic E-state index is -3.06. The second-order valence-electron chi connectivity index (χ2n) is 7.63. The minimum absolute atomic E-state index is 0. The number of hydrogen-bond donors (Lipinski definition) is 1. The summed E-state index contributed by atoms with van der Waals surface area (Å²) in [6.07, 6.45) is 0. The molecule has 0 aromatic heterocycles. The Morgan fingerprint density at radius 2 is 1.82 bits per heavy atom. The van der Waals surface area contributed by atoms with Gasteiger partial charge in [0.1, 0.15) is 0 Å². The van der Waals surface area contributed by atoms with Crippen LogP contribution in [-0.2, 0) is 22.9 Å². The molecule has 0 saturated carbocycles. The van der Waals surface area contributed by atoms with Crippen LogP contribution in [0.3, 0.4) is 0 Å². The molecule has 1 aliphatic rings. The van der Waals surface area contributed by atoms with Crippen molar-refractivity contribution in [2.45, 2.75) is 45.5 Å². The molecule has 0 aliphatic carbocycles. The predicted molar refractivity (Wildman–Crippen MR) is 128 cm³/mol. The van der Waals surface area contributed by atoms with E-state index >= 15 is 0 Å². The van der Waals surface area contributed by atoms with Crippen LogP contribution in [-0.4, -0.2) is 67.9 Å². The predicted octanol–water partition coefficient (Wildman–Crippen LogP) is 2.73. The summed E-state index contributed by atoms with van der Waals surface area (Å²) in [5.74, 6) is 0.926. The first-order chi connectivity index (χ1) is 12.7. The molecule has 1 fully saturated rings. The number of nitrogens with one attached hydrogen (secondary N) is 1. The van der Waals surface area contributed by atoms with E-state index in [9.17, 15) is 8.42 Å². The Kier molecular flexibility index (Phi) is 9.69. The van der Waals surface area contributed by atoms with Crippen LogP contribution in [0.15, 0.2) is 29.3 Å². The number of benzene rings is 1. The molecular weight excluding hydrogens is 487 g/mol. The van der Waals surface area contributed by atoms with Crippen molar-refractivity contribution in [2.24, 2.45) is 4.99 Å². The Bertz CT molecular complexity index is 761. The number of guanidine groups is 1. The molecule has 0 unspecified atom stereocenters. The van der Waals surface area contributed by atoms with E-state index in [1.54, 1.807) is 20.9 Å². The zero-order valence-electron chi connectivity index (χ0n) is 17.7. The molecular formula is C20H35IN4O2S. The van der Waals surface area contributed by atoms with E-state index in [1.165, 1.54) is 11.1 Å². The van der Waals surface area contributed by atoms with Crippen molar-refractivity contribution in [2.75, 3.05) is 39.0 Å². The van der Waals surface area contributed by atoms with Gasteiger partial charge in [-0.1, -0.05) is 38.1 Å². The van der Waals surface area contributed by atoms with Crippen LogP contribution in [0.4, 0.5) is 0 Å². The topological polar surface area (TPSA) is 65.0 Å². The molecule has 0 amide bonds. The Hall–Kier alpha value is -0.870. The Morgan fingerprint density at radius 1 is 1.21 bits per heavy atom. The van der Waals surface area contributed by atoms with Crippen molar-refractivity contribution < 1.29 is 8.42 Å². The molecule has 0 bridgehead atoms. The fourth-order valence-corrected chi connectivity index (χ4v) is 4.77. The molecule has 1 aromatic rings. The van der Waals surface area contributed by atoms with E-state index in [0.717, 1.165) is 25.6 Å². The first kappa shape index (κ1) is 25.2. The molecule has 1 N–H and O–H groups in total. The third-order valence-electron chi connectivity index (χ3n) is 5.40. The van der Waals surface area contributed by atoms with Gasteiger partial charge in [0.15, 0.2) is 15.8 Å². The van der Waals surface area contributed by atoms with E-state index in [2.05, 4.69) is 53.3 Å². The highest BCUT2D eigenvalue weighted by Gasteiger charge is 2.40. The van der Waals surface area contributed by atoms with Gasteiger partial charge >= 0.3 is 0 Å². The SMILES string of the molecule is CCN(CC)Cc1ccccc1CNC(=NC)N1CCS(=O)(=O)C(C)(C)C1.I. The van der Waals surface area contributed by atoms with Gasteiger partial charge in [-0.2, -0.15) is 0 Å². The van der Waals surface area contributed by atoms with Crippen molar-refractivity contribution >= 4 is 39.8 Å². The number of aliphatic imine (C=N–C) groups is 1. The van der Waals surface area contributed by atoms with E-state index in [0.29, 0.717) is 19.6 Å². The Morgan fingerprint density at radius 3 is 2.36 bits per heavy atom. The molecule has 6 nitrogen and oxygen atoms in total. The third kappa shape index (κ3) is 6.06. The van der Waals surface area contributed by atoms with E-state index < -0.39 is 14.6 Å². The van der Waals surface area contributed by atoms with Crippen molar-refractivity contribution in [1.29, 1.82) is 0 Å². The highest BCUT2D eigenvalue weighted by molar-refractivity contribution is 14.0. The van der Waals surface area contributed by atoms with Gasteiger partial charge in [-0.3, -0.25) is 9.89 Å². The minimum Gasteiger partial charge on any atom is -0.352 e. The zero-order chi connectivity index (χ0) is 20.1. The van der Waals surface area contributed by atoms with Gasteiger partial charge in [-0.25, -0.2) is 8.42 Å². The van der Waals surface area contributed by atoms with Crippen molar-refractivity contribution in [3.8, 4) is 0 Å². The summed E-state index contributed by atoms with van der Waals surface area (Å²) < 4.78 is 23.7. The summed E-state index contributed by atoms with van der Waals surface area (Å²) >= 11 is 0. The van der Waals surface area contributed by atoms with E-state index in [-0.39, 0.29) is 29.7 Å². The van der Waals surface area contributed by atoms with Crippen LogP contribution in [0.1, 0.15) is 38.8 Å². The number of rotatable bonds is 6. The van der Waals surface area contributed by atoms with E-state index in [1.807, 2.05) is 4.90 Å². The smallest absolute Gasteiger partial charge is 0.193 e. The summed E-state index contributed by atoms with van der Waals surface area (Å²) in [7, 11) is -1.31. The summed E-state index contributed by atoms with van der Waals surface area (Å²) in [5, 5.41) is 3.43. The van der Waals surface area contributed by atoms with Gasteiger partial charge in [0.2, 0.25) is 0 Å². The highest BCUT2D eigenvalue weighted by atomic mass is 127. The highest BCUT2D eigenvalue weighted by Crippen LogP contribution is 2.23. The van der Waals surface area contributed by atoms with Crippen LogP contribution in [0.25, 0.3) is 0 Å². The summed E-state index contributed by atoms with van der Waals surface area (Å²) in [6, 6.07) is 8.45. The largest absolute Gasteiger partial charge is 0.352 e. The maximum Gasteiger partial charge on any atom is 0.193 e. The maximum absolute atomic E-state index is 12.3. The van der Waals surface area contributed by atoms with Crippen LogP contribution in [0.5, 0.6) is 0 Å². The summed E-state index contributed by atoms with van der Waals surface area (Å²) in [6.45, 7) is 12.5. The van der Waals surface area contributed by atoms with Gasteiger partial charge in [0.25, 0.3) is 0 Å². The first-order valence-electron chi connectivity index (χ1n) is 9.71. The van der Waals surface area contributed by atoms with Gasteiger partial charge in [0, 0.05) is 33.2 Å². The lowest BCUT2D eigenvalue weighted by Crippen LogP contribution is -2.57. The monoisotopic (exact) mass is 522 g/mol. The maximum atomic E-state index is 12.3. The summed E-state index contributed by atoms with van der Waals surface area (Å²) in [5.41, 5.74) is 2.56. The van der Waals surface area contributed by atoms with Crippen molar-refractivity contribution in [3.63, 3.8) is 0 Å². The first-order valence-corrected chi connectivity index (χ1v) is 11.4. The second kappa shape index (κ2) is 10.8. The quantitative estimate of drug-likeness (QED) is 0.354. The molecule has 1 saturated heterocycles. The molecule has 1 heterocycles. The lowest BCUT2D eigenvalue weighted by molar-refractivity contribution is 0.295. The van der Waals surface area contributed by atoms with Crippen molar-refractivity contribution in [1.82, 2.24) is 15.1 Å². The van der Waals surface area contributed by atoms with Crippen LogP contribution >= 0.6 is 24.0 Å². The Labute approximate surface area is 187 Å². The van der Waals surface area contributed by atoms with Gasteiger partial charge in [-0.05, 0) is 38.1 Å². The fraction of sp³-hybridized carbons (Fsp3) is 0.650. The zero-order valence-corrected chi connectivity index (χ0v) is 20.9. The number of nitrogens with zero attached hydrogens (tertiary/aromatic N) is 3. The Balaban J connectivity index is 0.00000392. The molecule has 8 heteroatoms. The standard InChI is InChI=1S/C20H34N4O2S.HI/c1-6-23(7-2)15-18-11-9-8-10-17(18)14-22-19(21-5)24-12-13-27(25,26)20(3,4)16-24;/h8-11H,6-7,12-16H2,1-5H3,(H,21,22);1H. The van der Waals surface area contributed by atoms with Crippen molar-refractivity contribution in [3.05, 3.63) is 35.4 Å². The molecule has 160 valence electrons. The molecule has 0 radical (unpaired) electrons. The van der Waals surface area contributed by atoms with Crippen LogP contribution < -0.4 is 5.32 Å². The van der Waals surface area contributed by atoms with Gasteiger partial charge in [0.05, 0.1) is 10.5 Å². The normalized spacial score (nSPS) is 18.6. The van der Waals surface area contributed by atoms with Crippen LogP contribution in [0.2, 0.25) is 0 Å². The molecule has 1 aliphatic heterocycles. The average molecular weight is 522 g/mol. The third-order valence-corrected chi connectivity index (χ3v) is 7.93. The number of sulfone groups is 1. The number of halogens is 1. The van der Waals surface area contributed by atoms with Gasteiger partial charge < -0.3 is 10.2 Å². The van der Waals surface area contributed by atoms with Gasteiger partial charge in [-0.15, -0.1) is 24.0 Å². The lowest BCUT2D eigenvalue weighted by Gasteiger charge is -2.39. The second-order valence-corrected chi connectivity index (χ2v) is 10.4. The van der Waals surface area contributed by atoms with Crippen LogP contribution in [0, 0.1) is 0 Å². The fourth-order valence-electron chi connectivity index (χ4n) is 3.40. The molecule has 1 aromatic carbocycles. The summed E-state index contributed by atoms with van der Waals surface area (Å²) in [4.78, 5) is 8.83. The lowest BCUT2D eigenvalue weighted by atomic mass is 10.1. The molecule has 0 atom stereocenters. The molecule has 28 heavy (non-hydrogen) atoms. The van der Waals surface area contributed by atoms with E-state index in [4.69, 9.17) is 0 Å². The molecule has 2 rings (SSSR count). The molecule has 0 spiro atoms. The number of hydrogen-bond acceptors (Lipinski definition) is 4.